The molecule has 1 N–H and O–H groups in total. The van der Waals surface area contributed by atoms with Gasteiger partial charge in [-0.3, -0.25) is 4.79 Å². The Hall–Kier alpha value is -2.55. The molecule has 0 bridgehead atoms. The molecule has 0 atom stereocenters. The SMILES string of the molecule is C=C(C)COc1cccc(NC(=O)Cc2ccccc2)c1. The first-order valence-electron chi connectivity index (χ1n) is 6.84. The van der Waals surface area contributed by atoms with Gasteiger partial charge in [0.25, 0.3) is 0 Å². The van der Waals surface area contributed by atoms with Crippen molar-refractivity contribution in [1.29, 1.82) is 0 Å². The fourth-order valence-corrected chi connectivity index (χ4v) is 1.86. The summed E-state index contributed by atoms with van der Waals surface area (Å²) in [4.78, 5) is 12.0. The first-order valence-corrected chi connectivity index (χ1v) is 6.84. The summed E-state index contributed by atoms with van der Waals surface area (Å²) in [5, 5.41) is 2.88. The topological polar surface area (TPSA) is 38.3 Å². The van der Waals surface area contributed by atoms with E-state index in [-0.39, 0.29) is 5.91 Å². The summed E-state index contributed by atoms with van der Waals surface area (Å²) in [5.41, 5.74) is 2.67. The highest BCUT2D eigenvalue weighted by Gasteiger charge is 2.04. The van der Waals surface area contributed by atoms with Crippen LogP contribution >= 0.6 is 0 Å². The number of nitrogens with one attached hydrogen (secondary N) is 1. The number of carbonyl (C=O) groups is 1. The number of carbonyl (C=O) groups excluding carboxylic acids is 1. The molecular formula is C18H19NO2. The van der Waals surface area contributed by atoms with Crippen LogP contribution in [0.4, 0.5) is 5.69 Å². The summed E-state index contributed by atoms with van der Waals surface area (Å²) in [6, 6.07) is 17.0. The van der Waals surface area contributed by atoms with Crippen LogP contribution in [0.3, 0.4) is 0 Å². The molecule has 0 unspecified atom stereocenters. The number of hydrogen-bond donors (Lipinski definition) is 1. The molecule has 0 radical (unpaired) electrons. The molecule has 0 aliphatic rings. The van der Waals surface area contributed by atoms with Crippen LogP contribution in [0.25, 0.3) is 0 Å². The minimum absolute atomic E-state index is 0.0433. The largest absolute Gasteiger partial charge is 0.489 e. The third kappa shape index (κ3) is 5.15. The number of hydrogen-bond acceptors (Lipinski definition) is 2. The van der Waals surface area contributed by atoms with Gasteiger partial charge in [0.1, 0.15) is 12.4 Å². The molecule has 2 aromatic rings. The molecule has 0 aliphatic carbocycles. The van der Waals surface area contributed by atoms with Gasteiger partial charge >= 0.3 is 0 Å². The average Bonchev–Trinajstić information content (AvgIpc) is 2.46. The molecule has 0 fully saturated rings. The molecule has 0 spiro atoms. The first kappa shape index (κ1) is 14.9. The van der Waals surface area contributed by atoms with E-state index in [1.54, 1.807) is 0 Å². The Balaban J connectivity index is 1.94. The monoisotopic (exact) mass is 281 g/mol. The Morgan fingerprint density at radius 2 is 1.90 bits per heavy atom. The van der Waals surface area contributed by atoms with E-state index < -0.39 is 0 Å². The van der Waals surface area contributed by atoms with E-state index in [0.717, 1.165) is 22.6 Å². The number of rotatable bonds is 6. The maximum Gasteiger partial charge on any atom is 0.228 e. The van der Waals surface area contributed by atoms with Crippen molar-refractivity contribution in [1.82, 2.24) is 0 Å². The van der Waals surface area contributed by atoms with Crippen LogP contribution in [0, 0.1) is 0 Å². The maximum absolute atomic E-state index is 12.0. The van der Waals surface area contributed by atoms with Gasteiger partial charge in [0.05, 0.1) is 6.42 Å². The quantitative estimate of drug-likeness (QED) is 0.817. The van der Waals surface area contributed by atoms with E-state index in [0.29, 0.717) is 13.0 Å². The molecule has 0 aromatic heterocycles. The minimum atomic E-state index is -0.0433. The highest BCUT2D eigenvalue weighted by molar-refractivity contribution is 5.92. The molecule has 0 aliphatic heterocycles. The summed E-state index contributed by atoms with van der Waals surface area (Å²) >= 11 is 0. The van der Waals surface area contributed by atoms with Crippen molar-refractivity contribution >= 4 is 11.6 Å². The van der Waals surface area contributed by atoms with E-state index in [1.807, 2.05) is 61.5 Å². The van der Waals surface area contributed by atoms with Crippen molar-refractivity contribution in [2.75, 3.05) is 11.9 Å². The lowest BCUT2D eigenvalue weighted by Gasteiger charge is -2.09. The molecule has 1 amide bonds. The standard InChI is InChI=1S/C18H19NO2/c1-14(2)13-21-17-10-6-9-16(12-17)19-18(20)11-15-7-4-3-5-8-15/h3-10,12H,1,11,13H2,2H3,(H,19,20). The molecule has 2 aromatic carbocycles. The van der Waals surface area contributed by atoms with E-state index >= 15 is 0 Å². The van der Waals surface area contributed by atoms with Gasteiger partial charge in [-0.15, -0.1) is 0 Å². The Bertz CT molecular complexity index is 620. The van der Waals surface area contributed by atoms with Gasteiger partial charge in [-0.2, -0.15) is 0 Å². The van der Waals surface area contributed by atoms with Gasteiger partial charge in [0, 0.05) is 11.8 Å². The lowest BCUT2D eigenvalue weighted by molar-refractivity contribution is -0.115. The van der Waals surface area contributed by atoms with E-state index in [9.17, 15) is 4.79 Å². The molecule has 21 heavy (non-hydrogen) atoms. The maximum atomic E-state index is 12.0. The lowest BCUT2D eigenvalue weighted by atomic mass is 10.1. The number of benzene rings is 2. The second-order valence-electron chi connectivity index (χ2n) is 4.98. The fourth-order valence-electron chi connectivity index (χ4n) is 1.86. The molecule has 0 heterocycles. The van der Waals surface area contributed by atoms with Gasteiger partial charge in [-0.1, -0.05) is 43.0 Å². The second kappa shape index (κ2) is 7.29. The molecule has 108 valence electrons. The van der Waals surface area contributed by atoms with Crippen LogP contribution in [0.2, 0.25) is 0 Å². The minimum Gasteiger partial charge on any atom is -0.489 e. The third-order valence-corrected chi connectivity index (χ3v) is 2.81. The predicted octanol–water partition coefficient (Wildman–Crippen LogP) is 3.82. The smallest absolute Gasteiger partial charge is 0.228 e. The number of amides is 1. The van der Waals surface area contributed by atoms with Crippen molar-refractivity contribution in [3.63, 3.8) is 0 Å². The van der Waals surface area contributed by atoms with Crippen molar-refractivity contribution in [3.8, 4) is 5.75 Å². The molecule has 2 rings (SSSR count). The second-order valence-corrected chi connectivity index (χ2v) is 4.98. The van der Waals surface area contributed by atoms with Crippen LogP contribution in [0.5, 0.6) is 5.75 Å². The lowest BCUT2D eigenvalue weighted by Crippen LogP contribution is -2.14. The molecule has 3 nitrogen and oxygen atoms in total. The Labute approximate surface area is 125 Å². The van der Waals surface area contributed by atoms with Crippen LogP contribution < -0.4 is 10.1 Å². The highest BCUT2D eigenvalue weighted by Crippen LogP contribution is 2.18. The van der Waals surface area contributed by atoms with Gasteiger partial charge < -0.3 is 10.1 Å². The Kier molecular flexibility index (Phi) is 5.16. The normalized spacial score (nSPS) is 9.95. The van der Waals surface area contributed by atoms with Crippen LogP contribution in [0.1, 0.15) is 12.5 Å². The van der Waals surface area contributed by atoms with Gasteiger partial charge in [0.2, 0.25) is 5.91 Å². The van der Waals surface area contributed by atoms with Crippen molar-refractivity contribution < 1.29 is 9.53 Å². The van der Waals surface area contributed by atoms with Gasteiger partial charge in [-0.05, 0) is 30.2 Å². The fraction of sp³-hybridized carbons (Fsp3) is 0.167. The van der Waals surface area contributed by atoms with Crippen molar-refractivity contribution in [3.05, 3.63) is 72.3 Å². The zero-order chi connectivity index (χ0) is 15.1. The Morgan fingerprint density at radius 3 is 2.62 bits per heavy atom. The molecule has 3 heteroatoms. The van der Waals surface area contributed by atoms with Gasteiger partial charge in [0.15, 0.2) is 0 Å². The van der Waals surface area contributed by atoms with Crippen LogP contribution in [0.15, 0.2) is 66.7 Å². The van der Waals surface area contributed by atoms with E-state index in [1.165, 1.54) is 0 Å². The average molecular weight is 281 g/mol. The van der Waals surface area contributed by atoms with Gasteiger partial charge in [-0.25, -0.2) is 0 Å². The van der Waals surface area contributed by atoms with Crippen LogP contribution in [-0.2, 0) is 11.2 Å². The zero-order valence-corrected chi connectivity index (χ0v) is 12.1. The van der Waals surface area contributed by atoms with Crippen molar-refractivity contribution in [2.45, 2.75) is 13.3 Å². The summed E-state index contributed by atoms with van der Waals surface area (Å²) in [6.07, 6.45) is 0.359. The highest BCUT2D eigenvalue weighted by atomic mass is 16.5. The first-order chi connectivity index (χ1) is 10.1. The van der Waals surface area contributed by atoms with E-state index in [4.69, 9.17) is 4.74 Å². The summed E-state index contributed by atoms with van der Waals surface area (Å²) < 4.78 is 5.56. The molecule has 0 saturated heterocycles. The van der Waals surface area contributed by atoms with Crippen LogP contribution in [-0.4, -0.2) is 12.5 Å². The zero-order valence-electron chi connectivity index (χ0n) is 12.1. The summed E-state index contributed by atoms with van der Waals surface area (Å²) in [6.45, 7) is 6.17. The van der Waals surface area contributed by atoms with Crippen molar-refractivity contribution in [2.24, 2.45) is 0 Å². The Morgan fingerprint density at radius 1 is 1.14 bits per heavy atom. The third-order valence-electron chi connectivity index (χ3n) is 2.81. The molecular weight excluding hydrogens is 262 g/mol. The summed E-state index contributed by atoms with van der Waals surface area (Å²) in [7, 11) is 0. The summed E-state index contributed by atoms with van der Waals surface area (Å²) in [5.74, 6) is 0.675. The predicted molar refractivity (Wildman–Crippen MR) is 85.5 cm³/mol. The molecule has 0 saturated carbocycles. The van der Waals surface area contributed by atoms with E-state index in [2.05, 4.69) is 11.9 Å². The number of ether oxygens (including phenoxy) is 1. The number of anilines is 1.